The van der Waals surface area contributed by atoms with Crippen molar-refractivity contribution in [3.05, 3.63) is 40.0 Å². The Morgan fingerprint density at radius 3 is 2.94 bits per heavy atom. The van der Waals surface area contributed by atoms with Gasteiger partial charge in [0.25, 0.3) is 0 Å². The Morgan fingerprint density at radius 1 is 1.56 bits per heavy atom. The van der Waals surface area contributed by atoms with Crippen LogP contribution in [-0.4, -0.2) is 23.1 Å². The lowest BCUT2D eigenvalue weighted by molar-refractivity contribution is 0.0993. The van der Waals surface area contributed by atoms with Gasteiger partial charge >= 0.3 is 0 Å². The molecular weight excluding hydrogens is 298 g/mol. The van der Waals surface area contributed by atoms with E-state index in [4.69, 9.17) is 10.5 Å². The number of rotatable bonds is 4. The number of nitrogen functional groups attached to an aromatic ring is 1. The van der Waals surface area contributed by atoms with E-state index in [1.807, 2.05) is 18.2 Å². The van der Waals surface area contributed by atoms with Gasteiger partial charge in [0.05, 0.1) is 18.9 Å². The molecular formula is C12H12BrN3O2. The number of carbonyl (C=O) groups excluding carboxylic acids is 1. The van der Waals surface area contributed by atoms with Gasteiger partial charge in [-0.05, 0) is 23.8 Å². The number of halogens is 1. The fraction of sp³-hybridized carbons (Fsp3) is 0.167. The van der Waals surface area contributed by atoms with E-state index >= 15 is 0 Å². The van der Waals surface area contributed by atoms with Crippen LogP contribution in [0.2, 0.25) is 0 Å². The first-order chi connectivity index (χ1) is 8.61. The van der Waals surface area contributed by atoms with E-state index in [1.165, 1.54) is 6.20 Å². The Bertz CT molecular complexity index is 580. The highest BCUT2D eigenvalue weighted by Crippen LogP contribution is 2.24. The van der Waals surface area contributed by atoms with E-state index in [0.29, 0.717) is 17.1 Å². The molecule has 0 bridgehead atoms. The van der Waals surface area contributed by atoms with Crippen LogP contribution < -0.4 is 10.5 Å². The molecule has 6 heteroatoms. The van der Waals surface area contributed by atoms with Crippen molar-refractivity contribution in [2.24, 2.45) is 0 Å². The van der Waals surface area contributed by atoms with Crippen molar-refractivity contribution in [1.82, 2.24) is 10.2 Å². The van der Waals surface area contributed by atoms with Crippen LogP contribution in [0, 0.1) is 0 Å². The molecule has 0 atom stereocenters. The molecule has 0 amide bonds. The molecule has 18 heavy (non-hydrogen) atoms. The van der Waals surface area contributed by atoms with Gasteiger partial charge in [-0.25, -0.2) is 0 Å². The molecule has 0 saturated carbocycles. The summed E-state index contributed by atoms with van der Waals surface area (Å²) >= 11 is 3.41. The van der Waals surface area contributed by atoms with Crippen LogP contribution in [-0.2, 0) is 6.42 Å². The lowest BCUT2D eigenvalue weighted by Gasteiger charge is -2.06. The maximum absolute atomic E-state index is 12.0. The zero-order chi connectivity index (χ0) is 13.1. The molecule has 0 radical (unpaired) electrons. The van der Waals surface area contributed by atoms with Gasteiger partial charge in [-0.15, -0.1) is 0 Å². The number of hydrogen-bond acceptors (Lipinski definition) is 4. The van der Waals surface area contributed by atoms with E-state index < -0.39 is 0 Å². The highest BCUT2D eigenvalue weighted by atomic mass is 79.9. The second-order valence-electron chi connectivity index (χ2n) is 3.75. The molecule has 0 fully saturated rings. The first-order valence-electron chi connectivity index (χ1n) is 5.26. The van der Waals surface area contributed by atoms with Gasteiger partial charge in [-0.3, -0.25) is 9.89 Å². The van der Waals surface area contributed by atoms with Gasteiger partial charge in [-0.2, -0.15) is 5.10 Å². The fourth-order valence-corrected chi connectivity index (χ4v) is 1.99. The van der Waals surface area contributed by atoms with Crippen LogP contribution >= 0.6 is 15.9 Å². The number of Topliss-reactive ketones (excluding diaryl/α,β-unsaturated/α-hetero) is 1. The summed E-state index contributed by atoms with van der Waals surface area (Å²) < 4.78 is 5.99. The first kappa shape index (κ1) is 12.6. The SMILES string of the molecule is COc1ccc(Br)c(CC(=O)c2cn[nH]c2N)c1. The average molecular weight is 310 g/mol. The predicted octanol–water partition coefficient (Wildman–Crippen LogP) is 2.19. The average Bonchev–Trinajstić information content (AvgIpc) is 2.78. The number of aromatic nitrogens is 2. The summed E-state index contributed by atoms with van der Waals surface area (Å²) in [5, 5.41) is 6.28. The standard InChI is InChI=1S/C12H12BrN3O2/c1-18-8-2-3-10(13)7(4-8)5-11(17)9-6-15-16-12(9)14/h2-4,6H,5H2,1H3,(H3,14,15,16). The fourth-order valence-electron chi connectivity index (χ4n) is 1.60. The van der Waals surface area contributed by atoms with E-state index in [9.17, 15) is 4.79 Å². The Balaban J connectivity index is 2.24. The van der Waals surface area contributed by atoms with Crippen molar-refractivity contribution in [3.8, 4) is 5.75 Å². The highest BCUT2D eigenvalue weighted by Gasteiger charge is 2.14. The lowest BCUT2D eigenvalue weighted by atomic mass is 10.0. The van der Waals surface area contributed by atoms with Gasteiger partial charge < -0.3 is 10.5 Å². The largest absolute Gasteiger partial charge is 0.497 e. The monoisotopic (exact) mass is 309 g/mol. The number of ketones is 1. The molecule has 1 heterocycles. The van der Waals surface area contributed by atoms with Crippen LogP contribution in [0.25, 0.3) is 0 Å². The van der Waals surface area contributed by atoms with Crippen LogP contribution in [0.3, 0.4) is 0 Å². The molecule has 2 rings (SSSR count). The zero-order valence-corrected chi connectivity index (χ0v) is 11.3. The third kappa shape index (κ3) is 2.53. The smallest absolute Gasteiger partial charge is 0.172 e. The highest BCUT2D eigenvalue weighted by molar-refractivity contribution is 9.10. The summed E-state index contributed by atoms with van der Waals surface area (Å²) in [6, 6.07) is 5.49. The summed E-state index contributed by atoms with van der Waals surface area (Å²) in [6.07, 6.45) is 1.67. The van der Waals surface area contributed by atoms with Crippen LogP contribution in [0.15, 0.2) is 28.9 Å². The number of H-pyrrole nitrogens is 1. The Hall–Kier alpha value is -1.82. The summed E-state index contributed by atoms with van der Waals surface area (Å²) in [4.78, 5) is 12.0. The van der Waals surface area contributed by atoms with Gasteiger partial charge in [0, 0.05) is 10.9 Å². The van der Waals surface area contributed by atoms with Crippen LogP contribution in [0.4, 0.5) is 5.82 Å². The molecule has 0 aliphatic carbocycles. The van der Waals surface area contributed by atoms with E-state index in [-0.39, 0.29) is 12.2 Å². The minimum Gasteiger partial charge on any atom is -0.497 e. The van der Waals surface area contributed by atoms with E-state index in [2.05, 4.69) is 26.1 Å². The quantitative estimate of drug-likeness (QED) is 0.848. The predicted molar refractivity (Wildman–Crippen MR) is 71.7 cm³/mol. The maximum atomic E-state index is 12.0. The number of ether oxygens (including phenoxy) is 1. The normalized spacial score (nSPS) is 10.3. The van der Waals surface area contributed by atoms with Crippen molar-refractivity contribution in [1.29, 1.82) is 0 Å². The molecule has 1 aromatic heterocycles. The minimum atomic E-state index is -0.0878. The number of aromatic amines is 1. The lowest BCUT2D eigenvalue weighted by Crippen LogP contribution is -2.06. The molecule has 0 saturated heterocycles. The summed E-state index contributed by atoms with van der Waals surface area (Å²) in [6.45, 7) is 0. The number of carbonyl (C=O) groups is 1. The Labute approximate surface area is 112 Å². The summed E-state index contributed by atoms with van der Waals surface area (Å²) in [5.74, 6) is 0.912. The number of benzene rings is 1. The third-order valence-electron chi connectivity index (χ3n) is 2.57. The van der Waals surface area contributed by atoms with Crippen molar-refractivity contribution >= 4 is 27.5 Å². The topological polar surface area (TPSA) is 81.0 Å². The van der Waals surface area contributed by atoms with Crippen molar-refractivity contribution < 1.29 is 9.53 Å². The molecule has 0 spiro atoms. The zero-order valence-electron chi connectivity index (χ0n) is 9.74. The second kappa shape index (κ2) is 5.22. The van der Waals surface area contributed by atoms with E-state index in [1.54, 1.807) is 7.11 Å². The number of nitrogens with two attached hydrogens (primary N) is 1. The van der Waals surface area contributed by atoms with Crippen molar-refractivity contribution in [2.75, 3.05) is 12.8 Å². The van der Waals surface area contributed by atoms with Gasteiger partial charge in [0.15, 0.2) is 5.78 Å². The molecule has 0 unspecified atom stereocenters. The molecule has 0 aliphatic rings. The van der Waals surface area contributed by atoms with Crippen LogP contribution in [0.1, 0.15) is 15.9 Å². The number of methoxy groups -OCH3 is 1. The third-order valence-corrected chi connectivity index (χ3v) is 3.35. The number of anilines is 1. The Kier molecular flexibility index (Phi) is 3.66. The summed E-state index contributed by atoms with van der Waals surface area (Å²) in [7, 11) is 1.59. The number of nitrogens with one attached hydrogen (secondary N) is 1. The van der Waals surface area contributed by atoms with E-state index in [0.717, 1.165) is 10.0 Å². The molecule has 5 nitrogen and oxygen atoms in total. The van der Waals surface area contributed by atoms with Gasteiger partial charge in [-0.1, -0.05) is 15.9 Å². The van der Waals surface area contributed by atoms with Gasteiger partial charge in [0.1, 0.15) is 11.6 Å². The molecule has 3 N–H and O–H groups in total. The number of nitrogens with zero attached hydrogens (tertiary/aromatic N) is 1. The molecule has 0 aliphatic heterocycles. The van der Waals surface area contributed by atoms with Crippen LogP contribution in [0.5, 0.6) is 5.75 Å². The Morgan fingerprint density at radius 2 is 2.33 bits per heavy atom. The molecule has 2 aromatic rings. The van der Waals surface area contributed by atoms with Crippen molar-refractivity contribution in [3.63, 3.8) is 0 Å². The number of hydrogen-bond donors (Lipinski definition) is 2. The second-order valence-corrected chi connectivity index (χ2v) is 4.61. The molecule has 94 valence electrons. The first-order valence-corrected chi connectivity index (χ1v) is 6.05. The minimum absolute atomic E-state index is 0.0878. The maximum Gasteiger partial charge on any atom is 0.172 e. The van der Waals surface area contributed by atoms with Crippen molar-refractivity contribution in [2.45, 2.75) is 6.42 Å². The van der Waals surface area contributed by atoms with Gasteiger partial charge in [0.2, 0.25) is 0 Å². The molecule has 1 aromatic carbocycles. The summed E-state index contributed by atoms with van der Waals surface area (Å²) in [5.41, 5.74) is 6.87.